The van der Waals surface area contributed by atoms with E-state index in [0.29, 0.717) is 24.0 Å². The van der Waals surface area contributed by atoms with Crippen LogP contribution in [0.1, 0.15) is 43.1 Å². The number of likely N-dealkylation sites (tertiary alicyclic amines) is 1. The topological polar surface area (TPSA) is 46.6 Å². The highest BCUT2D eigenvalue weighted by Gasteiger charge is 2.43. The number of rotatable bonds is 2. The van der Waals surface area contributed by atoms with Crippen LogP contribution in [0.2, 0.25) is 0 Å². The van der Waals surface area contributed by atoms with E-state index in [0.717, 1.165) is 0 Å². The highest BCUT2D eigenvalue weighted by atomic mass is 19.1. The van der Waals surface area contributed by atoms with Gasteiger partial charge < -0.3 is 9.64 Å². The molecule has 0 N–H and O–H groups in total. The van der Waals surface area contributed by atoms with Gasteiger partial charge in [0.05, 0.1) is 6.54 Å². The molecule has 0 spiro atoms. The maximum Gasteiger partial charge on any atom is 0.410 e. The molecule has 1 fully saturated rings. The molecule has 4 nitrogen and oxygen atoms in total. The van der Waals surface area contributed by atoms with Gasteiger partial charge in [0.1, 0.15) is 11.9 Å². The van der Waals surface area contributed by atoms with Gasteiger partial charge in [-0.1, -0.05) is 18.2 Å². The zero-order valence-corrected chi connectivity index (χ0v) is 12.6. The second-order valence-corrected chi connectivity index (χ2v) is 6.36. The first-order valence-electron chi connectivity index (χ1n) is 6.96. The van der Waals surface area contributed by atoms with E-state index in [1.807, 2.05) is 0 Å². The minimum Gasteiger partial charge on any atom is -0.444 e. The summed E-state index contributed by atoms with van der Waals surface area (Å²) < 4.78 is 20.3. The Hall–Kier alpha value is -1.91. The molecule has 1 aromatic rings. The Bertz CT molecular complexity index is 553. The number of amides is 1. The van der Waals surface area contributed by atoms with E-state index < -0.39 is 17.4 Å². The number of carbonyl (C=O) groups is 2. The SMILES string of the molecule is CC(C)(C)OC(=O)N1CCC(F)(c2cccc(C=O)c2)C1. The summed E-state index contributed by atoms with van der Waals surface area (Å²) in [5, 5.41) is 0. The van der Waals surface area contributed by atoms with Crippen molar-refractivity contribution >= 4 is 12.4 Å². The van der Waals surface area contributed by atoms with Gasteiger partial charge in [0, 0.05) is 18.5 Å². The first kappa shape index (κ1) is 15.5. The maximum absolute atomic E-state index is 15.0. The molecule has 0 bridgehead atoms. The average molecular weight is 293 g/mol. The first-order valence-corrected chi connectivity index (χ1v) is 6.96. The van der Waals surface area contributed by atoms with Gasteiger partial charge in [0.15, 0.2) is 5.67 Å². The fourth-order valence-corrected chi connectivity index (χ4v) is 2.38. The molecule has 0 aromatic heterocycles. The van der Waals surface area contributed by atoms with Crippen LogP contribution in [0, 0.1) is 0 Å². The molecule has 0 aliphatic carbocycles. The van der Waals surface area contributed by atoms with Gasteiger partial charge in [0.2, 0.25) is 0 Å². The fourth-order valence-electron chi connectivity index (χ4n) is 2.38. The van der Waals surface area contributed by atoms with Crippen LogP contribution in [0.3, 0.4) is 0 Å². The summed E-state index contributed by atoms with van der Waals surface area (Å²) in [7, 11) is 0. The van der Waals surface area contributed by atoms with Crippen molar-refractivity contribution in [2.75, 3.05) is 13.1 Å². The van der Waals surface area contributed by atoms with Crippen molar-refractivity contribution in [1.82, 2.24) is 4.90 Å². The third-order valence-electron chi connectivity index (χ3n) is 3.41. The molecular weight excluding hydrogens is 273 g/mol. The Morgan fingerprint density at radius 1 is 1.43 bits per heavy atom. The minimum absolute atomic E-state index is 0.0514. The summed E-state index contributed by atoms with van der Waals surface area (Å²) >= 11 is 0. The Labute approximate surface area is 123 Å². The van der Waals surface area contributed by atoms with Gasteiger partial charge in [-0.3, -0.25) is 4.79 Å². The average Bonchev–Trinajstić information content (AvgIpc) is 2.81. The molecule has 2 rings (SSSR count). The lowest BCUT2D eigenvalue weighted by molar-refractivity contribution is 0.0257. The van der Waals surface area contributed by atoms with Crippen LogP contribution in [0.4, 0.5) is 9.18 Å². The number of aldehydes is 1. The van der Waals surface area contributed by atoms with E-state index in [4.69, 9.17) is 4.74 Å². The Balaban J connectivity index is 2.12. The van der Waals surface area contributed by atoms with Crippen molar-refractivity contribution in [3.63, 3.8) is 0 Å². The second kappa shape index (κ2) is 5.47. The molecule has 0 radical (unpaired) electrons. The van der Waals surface area contributed by atoms with Gasteiger partial charge in [-0.15, -0.1) is 0 Å². The van der Waals surface area contributed by atoms with Crippen molar-refractivity contribution in [2.24, 2.45) is 0 Å². The lowest BCUT2D eigenvalue weighted by atomic mass is 9.94. The van der Waals surface area contributed by atoms with Crippen molar-refractivity contribution in [3.8, 4) is 0 Å². The molecule has 1 heterocycles. The monoisotopic (exact) mass is 293 g/mol. The van der Waals surface area contributed by atoms with E-state index in [-0.39, 0.29) is 13.0 Å². The molecular formula is C16H20FNO3. The highest BCUT2D eigenvalue weighted by Crippen LogP contribution is 2.36. The Morgan fingerprint density at radius 3 is 2.76 bits per heavy atom. The van der Waals surface area contributed by atoms with Gasteiger partial charge in [0.25, 0.3) is 0 Å². The van der Waals surface area contributed by atoms with Crippen molar-refractivity contribution in [2.45, 2.75) is 38.5 Å². The molecule has 21 heavy (non-hydrogen) atoms. The minimum atomic E-state index is -1.63. The highest BCUT2D eigenvalue weighted by molar-refractivity contribution is 5.75. The zero-order chi connectivity index (χ0) is 15.7. The third-order valence-corrected chi connectivity index (χ3v) is 3.41. The van der Waals surface area contributed by atoms with Crippen LogP contribution < -0.4 is 0 Å². The maximum atomic E-state index is 15.0. The van der Waals surface area contributed by atoms with Crippen LogP contribution in [-0.2, 0) is 10.4 Å². The summed E-state index contributed by atoms with van der Waals surface area (Å²) in [6.07, 6.45) is 0.385. The van der Waals surface area contributed by atoms with Crippen molar-refractivity contribution < 1.29 is 18.7 Å². The van der Waals surface area contributed by atoms with Crippen molar-refractivity contribution in [1.29, 1.82) is 0 Å². The summed E-state index contributed by atoms with van der Waals surface area (Å²) in [6, 6.07) is 6.45. The van der Waals surface area contributed by atoms with E-state index in [2.05, 4.69) is 0 Å². The number of carbonyl (C=O) groups excluding carboxylic acids is 2. The predicted molar refractivity (Wildman–Crippen MR) is 77.0 cm³/mol. The van der Waals surface area contributed by atoms with Gasteiger partial charge in [-0.25, -0.2) is 9.18 Å². The largest absolute Gasteiger partial charge is 0.444 e. The molecule has 0 saturated carbocycles. The molecule has 1 amide bonds. The third kappa shape index (κ3) is 3.60. The lowest BCUT2D eigenvalue weighted by Crippen LogP contribution is -2.37. The van der Waals surface area contributed by atoms with Crippen molar-refractivity contribution in [3.05, 3.63) is 35.4 Å². The molecule has 5 heteroatoms. The number of ether oxygens (including phenoxy) is 1. The molecule has 1 aliphatic heterocycles. The number of hydrogen-bond acceptors (Lipinski definition) is 3. The van der Waals surface area contributed by atoms with Gasteiger partial charge in [-0.2, -0.15) is 0 Å². The van der Waals surface area contributed by atoms with E-state index in [9.17, 15) is 9.59 Å². The smallest absolute Gasteiger partial charge is 0.410 e. The summed E-state index contributed by atoms with van der Waals surface area (Å²) in [6.45, 7) is 5.58. The molecule has 1 aliphatic rings. The van der Waals surface area contributed by atoms with Crippen LogP contribution in [-0.4, -0.2) is 36.0 Å². The number of halogens is 1. The van der Waals surface area contributed by atoms with Gasteiger partial charge in [-0.05, 0) is 32.4 Å². The normalized spacial score (nSPS) is 22.2. The fraction of sp³-hybridized carbons (Fsp3) is 0.500. The Kier molecular flexibility index (Phi) is 4.03. The predicted octanol–water partition coefficient (Wildman–Crippen LogP) is 3.30. The van der Waals surface area contributed by atoms with Gasteiger partial charge >= 0.3 is 6.09 Å². The molecule has 1 aromatic carbocycles. The van der Waals surface area contributed by atoms with E-state index >= 15 is 4.39 Å². The second-order valence-electron chi connectivity index (χ2n) is 6.36. The molecule has 1 saturated heterocycles. The van der Waals surface area contributed by atoms with E-state index in [1.54, 1.807) is 39.0 Å². The van der Waals surface area contributed by atoms with E-state index in [1.165, 1.54) is 11.0 Å². The molecule has 1 unspecified atom stereocenters. The van der Waals surface area contributed by atoms with Crippen LogP contribution in [0.15, 0.2) is 24.3 Å². The van der Waals surface area contributed by atoms with Crippen LogP contribution in [0.25, 0.3) is 0 Å². The zero-order valence-electron chi connectivity index (χ0n) is 12.6. The number of hydrogen-bond donors (Lipinski definition) is 0. The number of alkyl halides is 1. The molecule has 1 atom stereocenters. The summed E-state index contributed by atoms with van der Waals surface area (Å²) in [4.78, 5) is 24.2. The summed E-state index contributed by atoms with van der Waals surface area (Å²) in [5.41, 5.74) is -1.37. The molecule has 114 valence electrons. The first-order chi connectivity index (χ1) is 9.73. The lowest BCUT2D eigenvalue weighted by Gasteiger charge is -2.25. The number of nitrogens with zero attached hydrogens (tertiary/aromatic N) is 1. The van der Waals surface area contributed by atoms with Crippen LogP contribution in [0.5, 0.6) is 0 Å². The number of benzene rings is 1. The quantitative estimate of drug-likeness (QED) is 0.786. The standard InChI is InChI=1S/C16H20FNO3/c1-15(2,3)21-14(20)18-8-7-16(17,11-18)13-6-4-5-12(9-13)10-19/h4-6,9-10H,7-8,11H2,1-3H3. The summed E-state index contributed by atoms with van der Waals surface area (Å²) in [5.74, 6) is 0. The van der Waals surface area contributed by atoms with Crippen LogP contribution >= 0.6 is 0 Å². The Morgan fingerprint density at radius 2 is 2.14 bits per heavy atom.